The molecule has 3 aromatic rings. The molecule has 0 saturated carbocycles. The van der Waals surface area contributed by atoms with Gasteiger partial charge in [-0.15, -0.1) is 0 Å². The smallest absolute Gasteiger partial charge is 0.323 e. The molecule has 1 aromatic heterocycles. The Labute approximate surface area is 282 Å². The number of fused-ring (bicyclic) bond motifs is 2. The van der Waals surface area contributed by atoms with Crippen LogP contribution in [0.1, 0.15) is 56.0 Å². The van der Waals surface area contributed by atoms with E-state index in [0.29, 0.717) is 53.9 Å². The summed E-state index contributed by atoms with van der Waals surface area (Å²) >= 11 is 0. The van der Waals surface area contributed by atoms with Crippen LogP contribution in [0.15, 0.2) is 60.9 Å². The maximum absolute atomic E-state index is 14.4. The van der Waals surface area contributed by atoms with E-state index in [4.69, 9.17) is 18.9 Å². The molecule has 2 aliphatic rings. The van der Waals surface area contributed by atoms with Crippen LogP contribution in [0, 0.1) is 5.92 Å². The number of nitrogens with zero attached hydrogens (tertiary/aromatic N) is 3. The van der Waals surface area contributed by atoms with Gasteiger partial charge in [0, 0.05) is 62.0 Å². The number of aliphatic hydroxyl groups excluding tert-OH is 1. The van der Waals surface area contributed by atoms with Crippen molar-refractivity contribution in [2.75, 3.05) is 50.8 Å². The SMILES string of the molecule is C[C@@H]1CN([C@@H](C)CO)C(=O)c2cc(NC(=O)Nc3ccc4c(c3)OCO4)ccc2O[C@@H](C)CCCCO[C@H]1CN(C)Cc1ccncc1. The van der Waals surface area contributed by atoms with Crippen molar-refractivity contribution >= 4 is 23.3 Å². The van der Waals surface area contributed by atoms with Gasteiger partial charge in [0.05, 0.1) is 30.4 Å². The van der Waals surface area contributed by atoms with Gasteiger partial charge in [-0.3, -0.25) is 14.7 Å². The molecule has 2 aliphatic heterocycles. The molecule has 48 heavy (non-hydrogen) atoms. The molecule has 4 atom stereocenters. The van der Waals surface area contributed by atoms with Crippen LogP contribution in [0.5, 0.6) is 17.2 Å². The van der Waals surface area contributed by atoms with Crippen LogP contribution in [0.2, 0.25) is 0 Å². The normalized spacial score (nSPS) is 20.8. The Morgan fingerprint density at radius 3 is 2.48 bits per heavy atom. The first-order valence-corrected chi connectivity index (χ1v) is 16.6. The summed E-state index contributed by atoms with van der Waals surface area (Å²) in [5.74, 6) is 1.25. The molecule has 2 aromatic carbocycles. The van der Waals surface area contributed by atoms with E-state index in [0.717, 1.165) is 31.4 Å². The van der Waals surface area contributed by atoms with Crippen molar-refractivity contribution in [2.24, 2.45) is 5.92 Å². The van der Waals surface area contributed by atoms with Gasteiger partial charge >= 0.3 is 6.03 Å². The van der Waals surface area contributed by atoms with Crippen molar-refractivity contribution in [3.63, 3.8) is 0 Å². The van der Waals surface area contributed by atoms with Crippen molar-refractivity contribution in [1.82, 2.24) is 14.8 Å². The van der Waals surface area contributed by atoms with Crippen molar-refractivity contribution in [3.8, 4) is 17.2 Å². The molecular formula is C36H47N5O7. The minimum absolute atomic E-state index is 0.0529. The van der Waals surface area contributed by atoms with E-state index >= 15 is 0 Å². The highest BCUT2D eigenvalue weighted by molar-refractivity contribution is 6.02. The van der Waals surface area contributed by atoms with Crippen LogP contribution in [0.4, 0.5) is 16.2 Å². The molecule has 3 heterocycles. The minimum Gasteiger partial charge on any atom is -0.490 e. The zero-order valence-electron chi connectivity index (χ0n) is 28.2. The number of aliphatic hydroxyl groups is 1. The molecule has 0 fully saturated rings. The summed E-state index contributed by atoms with van der Waals surface area (Å²) in [5.41, 5.74) is 2.41. The Bertz CT molecular complexity index is 1520. The van der Waals surface area contributed by atoms with Gasteiger partial charge in [0.2, 0.25) is 6.79 Å². The molecule has 12 heteroatoms. The highest BCUT2D eigenvalue weighted by atomic mass is 16.7. The third-order valence-corrected chi connectivity index (χ3v) is 8.63. The number of likely N-dealkylation sites (N-methyl/N-ethyl adjacent to an activating group) is 1. The zero-order valence-corrected chi connectivity index (χ0v) is 28.2. The third kappa shape index (κ3) is 9.36. The van der Waals surface area contributed by atoms with E-state index in [2.05, 4.69) is 34.5 Å². The summed E-state index contributed by atoms with van der Waals surface area (Å²) in [5, 5.41) is 15.9. The van der Waals surface area contributed by atoms with Crippen LogP contribution in [0.3, 0.4) is 0 Å². The lowest BCUT2D eigenvalue weighted by Crippen LogP contribution is -2.47. The largest absolute Gasteiger partial charge is 0.490 e. The quantitative estimate of drug-likeness (QED) is 0.291. The Balaban J connectivity index is 1.36. The monoisotopic (exact) mass is 661 g/mol. The van der Waals surface area contributed by atoms with Crippen LogP contribution in [-0.4, -0.2) is 90.2 Å². The summed E-state index contributed by atoms with van der Waals surface area (Å²) in [6.07, 6.45) is 5.85. The molecule has 3 N–H and O–H groups in total. The number of rotatable bonds is 8. The summed E-state index contributed by atoms with van der Waals surface area (Å²) in [6.45, 7) is 8.18. The highest BCUT2D eigenvalue weighted by Crippen LogP contribution is 2.34. The number of amides is 3. The average Bonchev–Trinajstić information content (AvgIpc) is 3.54. The maximum atomic E-state index is 14.4. The number of carbonyl (C=O) groups is 2. The number of nitrogens with one attached hydrogen (secondary N) is 2. The molecule has 0 aliphatic carbocycles. The fraction of sp³-hybridized carbons (Fsp3) is 0.472. The molecule has 5 rings (SSSR count). The fourth-order valence-corrected chi connectivity index (χ4v) is 5.90. The second-order valence-corrected chi connectivity index (χ2v) is 12.7. The van der Waals surface area contributed by atoms with E-state index in [1.165, 1.54) is 0 Å². The number of carbonyl (C=O) groups excluding carboxylic acids is 2. The molecule has 258 valence electrons. The summed E-state index contributed by atoms with van der Waals surface area (Å²) in [6, 6.07) is 13.3. The first-order valence-electron chi connectivity index (χ1n) is 16.6. The van der Waals surface area contributed by atoms with E-state index in [1.807, 2.05) is 26.0 Å². The predicted octanol–water partition coefficient (Wildman–Crippen LogP) is 5.38. The lowest BCUT2D eigenvalue weighted by molar-refractivity contribution is -0.0177. The fourth-order valence-electron chi connectivity index (χ4n) is 5.90. The van der Waals surface area contributed by atoms with Gasteiger partial charge in [-0.1, -0.05) is 6.92 Å². The molecule has 3 amide bonds. The number of pyridine rings is 1. The second kappa shape index (κ2) is 16.6. The molecule has 0 unspecified atom stereocenters. The molecule has 0 saturated heterocycles. The number of hydrogen-bond donors (Lipinski definition) is 3. The van der Waals surface area contributed by atoms with Gasteiger partial charge in [-0.25, -0.2) is 4.79 Å². The van der Waals surface area contributed by atoms with Crippen molar-refractivity contribution in [3.05, 3.63) is 72.1 Å². The second-order valence-electron chi connectivity index (χ2n) is 12.7. The van der Waals surface area contributed by atoms with Gasteiger partial charge in [0.25, 0.3) is 5.91 Å². The average molecular weight is 662 g/mol. The van der Waals surface area contributed by atoms with Gasteiger partial charge in [-0.2, -0.15) is 0 Å². The van der Waals surface area contributed by atoms with Crippen LogP contribution in [-0.2, 0) is 11.3 Å². The Morgan fingerprint density at radius 1 is 1.02 bits per heavy atom. The van der Waals surface area contributed by atoms with Crippen molar-refractivity contribution in [1.29, 1.82) is 0 Å². The first-order chi connectivity index (χ1) is 23.2. The number of hydrogen-bond acceptors (Lipinski definition) is 9. The molecular weight excluding hydrogens is 614 g/mol. The maximum Gasteiger partial charge on any atom is 0.323 e. The third-order valence-electron chi connectivity index (χ3n) is 8.63. The predicted molar refractivity (Wildman–Crippen MR) is 183 cm³/mol. The van der Waals surface area contributed by atoms with Crippen LogP contribution < -0.4 is 24.8 Å². The van der Waals surface area contributed by atoms with E-state index in [-0.39, 0.29) is 37.4 Å². The van der Waals surface area contributed by atoms with Gasteiger partial charge in [-0.05, 0) is 88.2 Å². The molecule has 0 spiro atoms. The number of benzene rings is 2. The number of aromatic nitrogens is 1. The Morgan fingerprint density at radius 2 is 1.73 bits per heavy atom. The summed E-state index contributed by atoms with van der Waals surface area (Å²) in [7, 11) is 2.06. The number of ether oxygens (including phenoxy) is 4. The molecule has 0 bridgehead atoms. The standard InChI is InChI=1S/C36H47N5O7/c1-24-19-41(25(2)22-42)35(43)30-17-28(38-36(44)39-29-9-11-32-33(18-29)47-23-46-32)8-10-31(30)48-26(3)7-5-6-16-45-34(24)21-40(4)20-27-12-14-37-15-13-27/h8-15,17-18,24-26,34,42H,5-7,16,19-23H2,1-4H3,(H2,38,39,44)/t24-,25+,26+,34+/m1/s1. The zero-order chi connectivity index (χ0) is 34.0. The molecule has 12 nitrogen and oxygen atoms in total. The Kier molecular flexibility index (Phi) is 12.1. The topological polar surface area (TPSA) is 135 Å². The Hall–Kier alpha value is -4.39. The minimum atomic E-state index is -0.485. The van der Waals surface area contributed by atoms with E-state index in [9.17, 15) is 14.7 Å². The van der Waals surface area contributed by atoms with Gasteiger partial charge < -0.3 is 39.6 Å². The van der Waals surface area contributed by atoms with E-state index < -0.39 is 12.1 Å². The lowest BCUT2D eigenvalue weighted by atomic mass is 10.0. The van der Waals surface area contributed by atoms with Gasteiger partial charge in [0.15, 0.2) is 11.5 Å². The summed E-state index contributed by atoms with van der Waals surface area (Å²) in [4.78, 5) is 35.4. The lowest BCUT2D eigenvalue weighted by Gasteiger charge is -2.36. The van der Waals surface area contributed by atoms with Crippen molar-refractivity contribution < 1.29 is 33.6 Å². The van der Waals surface area contributed by atoms with E-state index in [1.54, 1.807) is 53.7 Å². The number of anilines is 2. The summed E-state index contributed by atoms with van der Waals surface area (Å²) < 4.78 is 23.6. The number of urea groups is 1. The highest BCUT2D eigenvalue weighted by Gasteiger charge is 2.30. The van der Waals surface area contributed by atoms with Crippen molar-refractivity contribution in [2.45, 2.75) is 64.8 Å². The van der Waals surface area contributed by atoms with Crippen LogP contribution >= 0.6 is 0 Å². The van der Waals surface area contributed by atoms with Crippen LogP contribution in [0.25, 0.3) is 0 Å². The van der Waals surface area contributed by atoms with Gasteiger partial charge in [0.1, 0.15) is 5.75 Å². The molecule has 0 radical (unpaired) electrons. The first kappa shape index (κ1) is 34.9.